The summed E-state index contributed by atoms with van der Waals surface area (Å²) in [6, 6.07) is 3.34. The summed E-state index contributed by atoms with van der Waals surface area (Å²) in [5, 5.41) is 2.76. The summed E-state index contributed by atoms with van der Waals surface area (Å²) < 4.78 is 0. The van der Waals surface area contributed by atoms with Crippen molar-refractivity contribution in [3.63, 3.8) is 0 Å². The van der Waals surface area contributed by atoms with E-state index in [2.05, 4.69) is 22.1 Å². The van der Waals surface area contributed by atoms with Crippen molar-refractivity contribution in [2.45, 2.75) is 19.4 Å². The number of piperazine rings is 1. The molecular weight excluding hydrogens is 268 g/mol. The summed E-state index contributed by atoms with van der Waals surface area (Å²) in [5.41, 5.74) is 5.43. The van der Waals surface area contributed by atoms with Crippen LogP contribution in [0.4, 0.5) is 0 Å². The molecule has 6 heteroatoms. The van der Waals surface area contributed by atoms with Gasteiger partial charge in [0.2, 0.25) is 5.91 Å². The highest BCUT2D eigenvalue weighted by atomic mass is 16.2. The summed E-state index contributed by atoms with van der Waals surface area (Å²) in [4.78, 5) is 30.1. The van der Waals surface area contributed by atoms with Gasteiger partial charge < -0.3 is 16.0 Å². The Labute approximate surface area is 123 Å². The Morgan fingerprint density at radius 1 is 1.52 bits per heavy atom. The second-order valence-electron chi connectivity index (χ2n) is 5.21. The molecule has 1 aliphatic rings. The van der Waals surface area contributed by atoms with Crippen molar-refractivity contribution in [3.05, 3.63) is 29.6 Å². The minimum absolute atomic E-state index is 0.160. The average molecular weight is 286 g/mol. The summed E-state index contributed by atoms with van der Waals surface area (Å²) in [6.07, 6.45) is 1.53. The van der Waals surface area contributed by atoms with Gasteiger partial charge in [0, 0.05) is 24.8 Å². The maximum absolute atomic E-state index is 12.5. The third kappa shape index (κ3) is 3.03. The Hall–Kier alpha value is -2.39. The van der Waals surface area contributed by atoms with E-state index in [-0.39, 0.29) is 18.4 Å². The van der Waals surface area contributed by atoms with Gasteiger partial charge in [-0.2, -0.15) is 0 Å². The molecule has 1 aromatic heterocycles. The SMILES string of the molecule is CC1(C)C(=O)NCCN1C(=O)c1ccc(C#CCN)cn1. The standard InChI is InChI=1S/C15H18N4O2/c1-15(2)14(21)17-8-9-19(15)13(20)12-6-5-11(10-18-12)4-3-7-16/h5-6,10H,7-9,16H2,1-2H3,(H,17,21). The van der Waals surface area contributed by atoms with E-state index in [1.165, 1.54) is 6.20 Å². The molecule has 21 heavy (non-hydrogen) atoms. The van der Waals surface area contributed by atoms with Gasteiger partial charge in [0.15, 0.2) is 0 Å². The highest BCUT2D eigenvalue weighted by molar-refractivity contribution is 5.98. The molecule has 2 heterocycles. The fourth-order valence-electron chi connectivity index (χ4n) is 2.14. The number of amides is 2. The van der Waals surface area contributed by atoms with Gasteiger partial charge in [-0.3, -0.25) is 9.59 Å². The number of aromatic nitrogens is 1. The maximum atomic E-state index is 12.5. The van der Waals surface area contributed by atoms with Crippen LogP contribution in [-0.2, 0) is 4.79 Å². The molecule has 1 fully saturated rings. The number of nitrogens with two attached hydrogens (primary N) is 1. The van der Waals surface area contributed by atoms with E-state index in [1.807, 2.05) is 0 Å². The number of rotatable bonds is 1. The number of carbonyl (C=O) groups excluding carboxylic acids is 2. The number of pyridine rings is 1. The minimum Gasteiger partial charge on any atom is -0.352 e. The lowest BCUT2D eigenvalue weighted by Gasteiger charge is -2.40. The van der Waals surface area contributed by atoms with E-state index in [0.29, 0.717) is 24.3 Å². The van der Waals surface area contributed by atoms with Gasteiger partial charge in [0.25, 0.3) is 5.91 Å². The van der Waals surface area contributed by atoms with Crippen molar-refractivity contribution in [2.75, 3.05) is 19.6 Å². The van der Waals surface area contributed by atoms with Crippen molar-refractivity contribution in [1.82, 2.24) is 15.2 Å². The van der Waals surface area contributed by atoms with Crippen LogP contribution in [0.5, 0.6) is 0 Å². The molecule has 3 N–H and O–H groups in total. The van der Waals surface area contributed by atoms with Crippen LogP contribution in [0.25, 0.3) is 0 Å². The Balaban J connectivity index is 2.21. The van der Waals surface area contributed by atoms with Crippen molar-refractivity contribution in [3.8, 4) is 11.8 Å². The van der Waals surface area contributed by atoms with Gasteiger partial charge >= 0.3 is 0 Å². The van der Waals surface area contributed by atoms with Crippen LogP contribution in [0, 0.1) is 11.8 Å². The fourth-order valence-corrected chi connectivity index (χ4v) is 2.14. The number of hydrogen-bond acceptors (Lipinski definition) is 4. The van der Waals surface area contributed by atoms with Crippen molar-refractivity contribution in [2.24, 2.45) is 5.73 Å². The molecule has 0 atom stereocenters. The van der Waals surface area contributed by atoms with E-state index in [0.717, 1.165) is 0 Å². The molecule has 0 unspecified atom stereocenters. The first kappa shape index (κ1) is 15.0. The molecule has 1 aromatic rings. The monoisotopic (exact) mass is 286 g/mol. The lowest BCUT2D eigenvalue weighted by molar-refractivity contribution is -0.133. The Bertz CT molecular complexity index is 611. The number of hydrogen-bond donors (Lipinski definition) is 2. The molecule has 2 amide bonds. The van der Waals surface area contributed by atoms with Crippen molar-refractivity contribution >= 4 is 11.8 Å². The van der Waals surface area contributed by atoms with Crippen molar-refractivity contribution < 1.29 is 9.59 Å². The van der Waals surface area contributed by atoms with E-state index in [1.54, 1.807) is 30.9 Å². The molecule has 0 bridgehead atoms. The predicted octanol–water partition coefficient (Wildman–Crippen LogP) is -0.258. The summed E-state index contributed by atoms with van der Waals surface area (Å²) in [7, 11) is 0. The molecule has 0 spiro atoms. The summed E-state index contributed by atoms with van der Waals surface area (Å²) in [5.74, 6) is 5.16. The van der Waals surface area contributed by atoms with E-state index >= 15 is 0 Å². The van der Waals surface area contributed by atoms with Gasteiger partial charge in [-0.25, -0.2) is 4.98 Å². The highest BCUT2D eigenvalue weighted by Crippen LogP contribution is 2.20. The third-order valence-electron chi connectivity index (χ3n) is 3.41. The van der Waals surface area contributed by atoms with Gasteiger partial charge in [-0.05, 0) is 26.0 Å². The fraction of sp³-hybridized carbons (Fsp3) is 0.400. The zero-order chi connectivity index (χ0) is 15.5. The molecule has 0 aliphatic carbocycles. The maximum Gasteiger partial charge on any atom is 0.273 e. The molecular formula is C15H18N4O2. The quantitative estimate of drug-likeness (QED) is 0.696. The second-order valence-corrected chi connectivity index (χ2v) is 5.21. The van der Waals surface area contributed by atoms with Crippen LogP contribution < -0.4 is 11.1 Å². The van der Waals surface area contributed by atoms with Crippen LogP contribution in [0.1, 0.15) is 29.9 Å². The van der Waals surface area contributed by atoms with Crippen LogP contribution in [0.15, 0.2) is 18.3 Å². The molecule has 0 aromatic carbocycles. The van der Waals surface area contributed by atoms with Gasteiger partial charge in [0.05, 0.1) is 6.54 Å². The van der Waals surface area contributed by atoms with Crippen LogP contribution in [0.3, 0.4) is 0 Å². The largest absolute Gasteiger partial charge is 0.352 e. The molecule has 0 radical (unpaired) electrons. The lowest BCUT2D eigenvalue weighted by Crippen LogP contribution is -2.63. The van der Waals surface area contributed by atoms with Gasteiger partial charge in [0.1, 0.15) is 11.2 Å². The minimum atomic E-state index is -0.880. The van der Waals surface area contributed by atoms with Crippen LogP contribution in [-0.4, -0.2) is 46.9 Å². The highest BCUT2D eigenvalue weighted by Gasteiger charge is 2.40. The summed E-state index contributed by atoms with van der Waals surface area (Å²) >= 11 is 0. The zero-order valence-electron chi connectivity index (χ0n) is 12.1. The number of nitrogens with one attached hydrogen (secondary N) is 1. The Morgan fingerprint density at radius 3 is 2.90 bits per heavy atom. The average Bonchev–Trinajstić information content (AvgIpc) is 2.48. The van der Waals surface area contributed by atoms with Crippen LogP contribution >= 0.6 is 0 Å². The first-order valence-electron chi connectivity index (χ1n) is 6.72. The molecule has 6 nitrogen and oxygen atoms in total. The van der Waals surface area contributed by atoms with E-state index < -0.39 is 5.54 Å². The first-order chi connectivity index (χ1) is 9.96. The zero-order valence-corrected chi connectivity index (χ0v) is 12.1. The second kappa shape index (κ2) is 5.94. The predicted molar refractivity (Wildman–Crippen MR) is 78.3 cm³/mol. The van der Waals surface area contributed by atoms with E-state index in [9.17, 15) is 9.59 Å². The van der Waals surface area contributed by atoms with Gasteiger partial charge in [-0.1, -0.05) is 11.8 Å². The smallest absolute Gasteiger partial charge is 0.273 e. The molecule has 110 valence electrons. The third-order valence-corrected chi connectivity index (χ3v) is 3.41. The topological polar surface area (TPSA) is 88.3 Å². The Morgan fingerprint density at radius 2 is 2.29 bits per heavy atom. The van der Waals surface area contributed by atoms with Crippen LogP contribution in [0.2, 0.25) is 0 Å². The Kier molecular flexibility index (Phi) is 4.24. The molecule has 2 rings (SSSR count). The molecule has 1 saturated heterocycles. The van der Waals surface area contributed by atoms with E-state index in [4.69, 9.17) is 5.73 Å². The summed E-state index contributed by atoms with van der Waals surface area (Å²) in [6.45, 7) is 4.64. The first-order valence-corrected chi connectivity index (χ1v) is 6.72. The number of nitrogens with zero attached hydrogens (tertiary/aromatic N) is 2. The molecule has 1 aliphatic heterocycles. The van der Waals surface area contributed by atoms with Gasteiger partial charge in [-0.15, -0.1) is 0 Å². The normalized spacial score (nSPS) is 16.7. The lowest BCUT2D eigenvalue weighted by atomic mass is 9.98. The molecule has 0 saturated carbocycles. The number of carbonyl (C=O) groups is 2. The van der Waals surface area contributed by atoms with Crippen molar-refractivity contribution in [1.29, 1.82) is 0 Å².